The molecule has 3 aromatic rings. The maximum Gasteiger partial charge on any atom is 0.222 e. The van der Waals surface area contributed by atoms with Crippen molar-refractivity contribution in [3.63, 3.8) is 0 Å². The van der Waals surface area contributed by atoms with Gasteiger partial charge in [-0.25, -0.2) is 4.98 Å². The fourth-order valence-corrected chi connectivity index (χ4v) is 3.77. The van der Waals surface area contributed by atoms with E-state index in [1.54, 1.807) is 12.4 Å². The lowest BCUT2D eigenvalue weighted by Crippen LogP contribution is -2.39. The van der Waals surface area contributed by atoms with Crippen LogP contribution in [0.3, 0.4) is 0 Å². The molecule has 26 heavy (non-hydrogen) atoms. The molecule has 1 saturated heterocycles. The normalized spacial score (nSPS) is 17.6. The van der Waals surface area contributed by atoms with Crippen LogP contribution in [0.1, 0.15) is 42.1 Å². The predicted octanol–water partition coefficient (Wildman–Crippen LogP) is 3.61. The maximum atomic E-state index is 12.7. The van der Waals surface area contributed by atoms with Crippen LogP contribution in [0.4, 0.5) is 0 Å². The Morgan fingerprint density at radius 2 is 2.12 bits per heavy atom. The number of fused-ring (bicyclic) bond motifs is 1. The van der Waals surface area contributed by atoms with E-state index >= 15 is 0 Å². The quantitative estimate of drug-likeness (QED) is 0.783. The first-order valence-electron chi connectivity index (χ1n) is 9.32. The Morgan fingerprint density at radius 3 is 2.92 bits per heavy atom. The zero-order valence-electron chi connectivity index (χ0n) is 15.1. The molecule has 5 nitrogen and oxygen atoms in total. The molecule has 1 aliphatic heterocycles. The molecule has 0 bridgehead atoms. The molecule has 5 heteroatoms. The Balaban J connectivity index is 1.43. The number of imidazole rings is 1. The molecular weight excluding hydrogens is 324 g/mol. The van der Waals surface area contributed by atoms with Gasteiger partial charge in [-0.05, 0) is 55.5 Å². The molecule has 3 heterocycles. The Labute approximate surface area is 153 Å². The minimum Gasteiger partial charge on any atom is -0.342 e. The van der Waals surface area contributed by atoms with Gasteiger partial charge >= 0.3 is 0 Å². The molecule has 0 saturated carbocycles. The van der Waals surface area contributed by atoms with Crippen LogP contribution in [0.25, 0.3) is 11.0 Å². The second-order valence-corrected chi connectivity index (χ2v) is 7.13. The van der Waals surface area contributed by atoms with Gasteiger partial charge < -0.3 is 9.88 Å². The third kappa shape index (κ3) is 3.47. The Kier molecular flexibility index (Phi) is 4.69. The summed E-state index contributed by atoms with van der Waals surface area (Å²) in [7, 11) is 0. The zero-order valence-corrected chi connectivity index (χ0v) is 15.1. The molecule has 1 aliphatic rings. The summed E-state index contributed by atoms with van der Waals surface area (Å²) < 4.78 is 0. The number of rotatable bonds is 4. The van der Waals surface area contributed by atoms with E-state index in [0.717, 1.165) is 54.8 Å². The number of aromatic nitrogens is 3. The van der Waals surface area contributed by atoms with Crippen LogP contribution in [0.2, 0.25) is 0 Å². The lowest BCUT2D eigenvalue weighted by Gasteiger charge is -2.32. The molecule has 0 aliphatic carbocycles. The smallest absolute Gasteiger partial charge is 0.222 e. The van der Waals surface area contributed by atoms with Crippen molar-refractivity contribution in [3.8, 4) is 0 Å². The molecule has 1 aromatic carbocycles. The minimum absolute atomic E-state index is 0.235. The number of pyridine rings is 1. The van der Waals surface area contributed by atoms with Crippen molar-refractivity contribution >= 4 is 16.9 Å². The molecule has 1 atom stereocenters. The monoisotopic (exact) mass is 348 g/mol. The van der Waals surface area contributed by atoms with Crippen molar-refractivity contribution in [3.05, 3.63) is 59.7 Å². The van der Waals surface area contributed by atoms with E-state index < -0.39 is 0 Å². The zero-order chi connectivity index (χ0) is 17.9. The van der Waals surface area contributed by atoms with Crippen LogP contribution in [0.5, 0.6) is 0 Å². The topological polar surface area (TPSA) is 61.9 Å². The van der Waals surface area contributed by atoms with Gasteiger partial charge in [-0.2, -0.15) is 0 Å². The van der Waals surface area contributed by atoms with Gasteiger partial charge in [-0.1, -0.05) is 12.1 Å². The number of carbonyl (C=O) groups is 1. The third-order valence-corrected chi connectivity index (χ3v) is 5.27. The summed E-state index contributed by atoms with van der Waals surface area (Å²) in [4.78, 5) is 27.0. The van der Waals surface area contributed by atoms with E-state index in [9.17, 15) is 4.79 Å². The maximum absolute atomic E-state index is 12.7. The van der Waals surface area contributed by atoms with Gasteiger partial charge in [0.1, 0.15) is 5.82 Å². The summed E-state index contributed by atoms with van der Waals surface area (Å²) in [5.41, 5.74) is 4.48. The lowest BCUT2D eigenvalue weighted by molar-refractivity contribution is -0.132. The summed E-state index contributed by atoms with van der Waals surface area (Å²) in [6.07, 6.45) is 6.98. The number of piperidine rings is 1. The molecule has 1 amide bonds. The largest absolute Gasteiger partial charge is 0.342 e. The number of amides is 1. The van der Waals surface area contributed by atoms with Crippen molar-refractivity contribution in [2.75, 3.05) is 13.1 Å². The van der Waals surface area contributed by atoms with Crippen LogP contribution < -0.4 is 0 Å². The van der Waals surface area contributed by atoms with Gasteiger partial charge in [0.25, 0.3) is 0 Å². The average Bonchev–Trinajstić information content (AvgIpc) is 3.13. The summed E-state index contributed by atoms with van der Waals surface area (Å²) in [6.45, 7) is 3.70. The second kappa shape index (κ2) is 7.28. The van der Waals surface area contributed by atoms with E-state index in [-0.39, 0.29) is 5.91 Å². The second-order valence-electron chi connectivity index (χ2n) is 7.13. The average molecular weight is 348 g/mol. The fraction of sp³-hybridized carbons (Fsp3) is 0.381. The molecule has 0 spiro atoms. The first-order chi connectivity index (χ1) is 12.7. The highest BCUT2D eigenvalue weighted by Crippen LogP contribution is 2.28. The summed E-state index contributed by atoms with van der Waals surface area (Å²) in [6, 6.07) is 10.2. The Bertz CT molecular complexity index is 903. The summed E-state index contributed by atoms with van der Waals surface area (Å²) in [5, 5.41) is 0. The standard InChI is InChI=1S/C21H24N4O/c1-15-4-2-6-18-20(15)24-21(23-18)17-5-3-13-25(14-17)19(26)8-7-16-9-11-22-12-10-16/h2,4,6,9-12,17H,3,5,7-8,13-14H2,1H3,(H,23,24)/t17-/m1/s1. The van der Waals surface area contributed by atoms with Gasteiger partial charge in [0.2, 0.25) is 5.91 Å². The first kappa shape index (κ1) is 16.8. The number of likely N-dealkylation sites (tertiary alicyclic amines) is 1. The van der Waals surface area contributed by atoms with Crippen LogP contribution >= 0.6 is 0 Å². The number of hydrogen-bond donors (Lipinski definition) is 1. The highest BCUT2D eigenvalue weighted by Gasteiger charge is 2.26. The molecule has 4 rings (SSSR count). The summed E-state index contributed by atoms with van der Waals surface area (Å²) in [5.74, 6) is 1.54. The molecule has 134 valence electrons. The van der Waals surface area contributed by atoms with Crippen molar-refractivity contribution in [2.24, 2.45) is 0 Å². The van der Waals surface area contributed by atoms with E-state index in [2.05, 4.69) is 35.1 Å². The van der Waals surface area contributed by atoms with Gasteiger partial charge in [0, 0.05) is 37.8 Å². The number of nitrogens with zero attached hydrogens (tertiary/aromatic N) is 3. The van der Waals surface area contributed by atoms with E-state index in [1.807, 2.05) is 17.0 Å². The number of benzene rings is 1. The molecule has 0 unspecified atom stereocenters. The van der Waals surface area contributed by atoms with Crippen LogP contribution in [-0.4, -0.2) is 38.8 Å². The Morgan fingerprint density at radius 1 is 1.27 bits per heavy atom. The SMILES string of the molecule is Cc1cccc2[nH]c([C@@H]3CCCN(C(=O)CCc4ccncc4)C3)nc12. The molecule has 2 aromatic heterocycles. The van der Waals surface area contributed by atoms with Gasteiger partial charge in [0.15, 0.2) is 0 Å². The van der Waals surface area contributed by atoms with E-state index in [4.69, 9.17) is 4.98 Å². The molecular formula is C21H24N4O. The Hall–Kier alpha value is -2.69. The highest BCUT2D eigenvalue weighted by atomic mass is 16.2. The number of carbonyl (C=O) groups excluding carboxylic acids is 1. The van der Waals surface area contributed by atoms with Crippen LogP contribution in [0, 0.1) is 6.92 Å². The van der Waals surface area contributed by atoms with Crippen molar-refractivity contribution < 1.29 is 4.79 Å². The van der Waals surface area contributed by atoms with Crippen LogP contribution in [-0.2, 0) is 11.2 Å². The lowest BCUT2D eigenvalue weighted by atomic mass is 9.97. The van der Waals surface area contributed by atoms with Crippen molar-refractivity contribution in [1.82, 2.24) is 19.9 Å². The summed E-state index contributed by atoms with van der Waals surface area (Å²) >= 11 is 0. The number of para-hydroxylation sites is 1. The number of H-pyrrole nitrogens is 1. The van der Waals surface area contributed by atoms with E-state index in [1.165, 1.54) is 5.56 Å². The number of aromatic amines is 1. The van der Waals surface area contributed by atoms with Gasteiger partial charge in [0.05, 0.1) is 11.0 Å². The van der Waals surface area contributed by atoms with Crippen LogP contribution in [0.15, 0.2) is 42.7 Å². The van der Waals surface area contributed by atoms with Gasteiger partial charge in [-0.15, -0.1) is 0 Å². The number of nitrogens with one attached hydrogen (secondary N) is 1. The molecule has 0 radical (unpaired) electrons. The van der Waals surface area contributed by atoms with Crippen molar-refractivity contribution in [2.45, 2.75) is 38.5 Å². The molecule has 1 fully saturated rings. The third-order valence-electron chi connectivity index (χ3n) is 5.27. The molecule has 1 N–H and O–H groups in total. The fourth-order valence-electron chi connectivity index (χ4n) is 3.77. The first-order valence-corrected chi connectivity index (χ1v) is 9.32. The number of hydrogen-bond acceptors (Lipinski definition) is 3. The highest BCUT2D eigenvalue weighted by molar-refractivity contribution is 5.79. The predicted molar refractivity (Wildman–Crippen MR) is 102 cm³/mol. The van der Waals surface area contributed by atoms with Crippen molar-refractivity contribution in [1.29, 1.82) is 0 Å². The van der Waals surface area contributed by atoms with Gasteiger partial charge in [-0.3, -0.25) is 9.78 Å². The minimum atomic E-state index is 0.235. The number of aryl methyl sites for hydroxylation is 2. The van der Waals surface area contributed by atoms with E-state index in [0.29, 0.717) is 12.3 Å².